The summed E-state index contributed by atoms with van der Waals surface area (Å²) in [6.45, 7) is 2.74. The first-order chi connectivity index (χ1) is 16.2. The lowest BCUT2D eigenvalue weighted by Gasteiger charge is -2.22. The number of aromatic nitrogens is 3. The van der Waals surface area contributed by atoms with Crippen molar-refractivity contribution in [1.29, 1.82) is 0 Å². The molecule has 0 radical (unpaired) electrons. The van der Waals surface area contributed by atoms with Crippen molar-refractivity contribution in [3.8, 4) is 0 Å². The van der Waals surface area contributed by atoms with Crippen LogP contribution in [0.15, 0.2) is 54.7 Å². The summed E-state index contributed by atoms with van der Waals surface area (Å²) in [6, 6.07) is 14.9. The van der Waals surface area contributed by atoms with Crippen LogP contribution < -0.4 is 16.0 Å². The maximum Gasteiger partial charge on any atom is 0.276 e. The van der Waals surface area contributed by atoms with Crippen molar-refractivity contribution in [3.63, 3.8) is 0 Å². The second kappa shape index (κ2) is 9.38. The second-order valence-electron chi connectivity index (χ2n) is 8.40. The molecule has 4 aromatic rings. The van der Waals surface area contributed by atoms with Crippen LogP contribution in [0.25, 0.3) is 21.8 Å². The van der Waals surface area contributed by atoms with Crippen LogP contribution in [-0.2, 0) is 0 Å². The molecule has 2 amide bonds. The Morgan fingerprint density at radius 3 is 2.67 bits per heavy atom. The van der Waals surface area contributed by atoms with E-state index in [4.69, 9.17) is 0 Å². The van der Waals surface area contributed by atoms with Crippen molar-refractivity contribution in [2.75, 3.05) is 25.0 Å². The van der Waals surface area contributed by atoms with E-state index >= 15 is 0 Å². The number of rotatable bonds is 6. The average molecular weight is 443 g/mol. The summed E-state index contributed by atoms with van der Waals surface area (Å²) in [5, 5.41) is 11.0. The van der Waals surface area contributed by atoms with Gasteiger partial charge in [0, 0.05) is 18.1 Å². The largest absolute Gasteiger partial charge is 0.352 e. The van der Waals surface area contributed by atoms with Gasteiger partial charge in [-0.05, 0) is 61.9 Å². The SMILES string of the molecule is O=C(Nc1nc2c(C(=O)NCCC3CCNCC3)cccc2[nH]1)c1cc2ccccc2cn1. The van der Waals surface area contributed by atoms with Gasteiger partial charge >= 0.3 is 0 Å². The molecule has 1 aliphatic rings. The van der Waals surface area contributed by atoms with E-state index in [-0.39, 0.29) is 17.8 Å². The summed E-state index contributed by atoms with van der Waals surface area (Å²) in [6.07, 6.45) is 4.96. The Labute approximate surface area is 191 Å². The van der Waals surface area contributed by atoms with E-state index in [0.29, 0.717) is 34.8 Å². The summed E-state index contributed by atoms with van der Waals surface area (Å²) in [5.41, 5.74) is 1.99. The average Bonchev–Trinajstić information content (AvgIpc) is 3.26. The number of imidazole rings is 1. The van der Waals surface area contributed by atoms with E-state index in [0.717, 1.165) is 43.1 Å². The molecule has 0 bridgehead atoms. The number of piperidine rings is 1. The molecule has 1 saturated heterocycles. The number of nitrogens with zero attached hydrogens (tertiary/aromatic N) is 2. The Hall–Kier alpha value is -3.78. The first kappa shape index (κ1) is 21.1. The van der Waals surface area contributed by atoms with Crippen molar-refractivity contribution in [3.05, 3.63) is 66.0 Å². The van der Waals surface area contributed by atoms with Gasteiger partial charge in [0.05, 0.1) is 11.1 Å². The Balaban J connectivity index is 1.28. The molecule has 168 valence electrons. The molecule has 8 nitrogen and oxygen atoms in total. The molecule has 0 saturated carbocycles. The highest BCUT2D eigenvalue weighted by molar-refractivity contribution is 6.07. The zero-order chi connectivity index (χ0) is 22.6. The number of carbonyl (C=O) groups is 2. The number of anilines is 1. The maximum absolute atomic E-state index is 12.8. The van der Waals surface area contributed by atoms with Gasteiger partial charge < -0.3 is 15.6 Å². The van der Waals surface area contributed by atoms with Crippen LogP contribution in [-0.4, -0.2) is 46.4 Å². The molecule has 0 aliphatic carbocycles. The normalized spacial score (nSPS) is 14.4. The van der Waals surface area contributed by atoms with Crippen LogP contribution in [0.5, 0.6) is 0 Å². The molecule has 5 rings (SSSR count). The third kappa shape index (κ3) is 4.70. The number of hydrogen-bond acceptors (Lipinski definition) is 5. The Morgan fingerprint density at radius 1 is 1.00 bits per heavy atom. The minimum absolute atomic E-state index is 0.157. The molecule has 33 heavy (non-hydrogen) atoms. The molecule has 0 spiro atoms. The van der Waals surface area contributed by atoms with Crippen LogP contribution >= 0.6 is 0 Å². The fourth-order valence-electron chi connectivity index (χ4n) is 4.31. The number of pyridine rings is 1. The van der Waals surface area contributed by atoms with Crippen LogP contribution in [0.2, 0.25) is 0 Å². The predicted molar refractivity (Wildman–Crippen MR) is 128 cm³/mol. The van der Waals surface area contributed by atoms with Gasteiger partial charge in [0.2, 0.25) is 5.95 Å². The fourth-order valence-corrected chi connectivity index (χ4v) is 4.31. The standard InChI is InChI=1S/C25H26N6O2/c32-23(27-13-10-16-8-11-26-12-9-16)19-6-3-7-20-22(19)30-25(29-20)31-24(33)21-14-17-4-1-2-5-18(17)15-28-21/h1-7,14-16,26H,8-13H2,(H,27,32)(H2,29,30,31,33). The van der Waals surface area contributed by atoms with E-state index in [9.17, 15) is 9.59 Å². The number of fused-ring (bicyclic) bond motifs is 2. The Bertz CT molecular complexity index is 1310. The number of nitrogens with one attached hydrogen (secondary N) is 4. The van der Waals surface area contributed by atoms with E-state index in [1.165, 1.54) is 0 Å². The third-order valence-corrected chi connectivity index (χ3v) is 6.15. The molecular formula is C25H26N6O2. The predicted octanol–water partition coefficient (Wildman–Crippen LogP) is 3.48. The van der Waals surface area contributed by atoms with Crippen molar-refractivity contribution in [2.24, 2.45) is 5.92 Å². The number of carbonyl (C=O) groups excluding carboxylic acids is 2. The lowest BCUT2D eigenvalue weighted by atomic mass is 9.95. The van der Waals surface area contributed by atoms with E-state index < -0.39 is 0 Å². The number of para-hydroxylation sites is 1. The summed E-state index contributed by atoms with van der Waals surface area (Å²) in [4.78, 5) is 37.3. The number of aromatic amines is 1. The van der Waals surface area contributed by atoms with E-state index in [2.05, 4.69) is 30.9 Å². The van der Waals surface area contributed by atoms with Crippen molar-refractivity contribution < 1.29 is 9.59 Å². The minimum Gasteiger partial charge on any atom is -0.352 e. The van der Waals surface area contributed by atoms with Crippen LogP contribution in [0.3, 0.4) is 0 Å². The van der Waals surface area contributed by atoms with Crippen LogP contribution in [0, 0.1) is 5.92 Å². The van der Waals surface area contributed by atoms with Crippen LogP contribution in [0.1, 0.15) is 40.1 Å². The molecule has 3 heterocycles. The lowest BCUT2D eigenvalue weighted by molar-refractivity contribution is 0.0951. The van der Waals surface area contributed by atoms with Crippen molar-refractivity contribution in [1.82, 2.24) is 25.6 Å². The van der Waals surface area contributed by atoms with Gasteiger partial charge in [0.15, 0.2) is 0 Å². The van der Waals surface area contributed by atoms with Gasteiger partial charge in [-0.1, -0.05) is 30.3 Å². The number of amides is 2. The van der Waals surface area contributed by atoms with Gasteiger partial charge in [0.1, 0.15) is 11.2 Å². The molecule has 2 aromatic heterocycles. The highest BCUT2D eigenvalue weighted by Crippen LogP contribution is 2.20. The van der Waals surface area contributed by atoms with Gasteiger partial charge in [-0.15, -0.1) is 0 Å². The van der Waals surface area contributed by atoms with Gasteiger partial charge in [-0.25, -0.2) is 4.98 Å². The quantitative estimate of drug-likeness (QED) is 0.365. The van der Waals surface area contributed by atoms with E-state index in [1.54, 1.807) is 24.4 Å². The first-order valence-corrected chi connectivity index (χ1v) is 11.3. The summed E-state index contributed by atoms with van der Waals surface area (Å²) < 4.78 is 0. The van der Waals surface area contributed by atoms with Crippen molar-refractivity contribution in [2.45, 2.75) is 19.3 Å². The molecule has 8 heteroatoms. The number of H-pyrrole nitrogens is 1. The third-order valence-electron chi connectivity index (χ3n) is 6.15. The molecule has 4 N–H and O–H groups in total. The van der Waals surface area contributed by atoms with E-state index in [1.807, 2.05) is 30.3 Å². The zero-order valence-electron chi connectivity index (χ0n) is 18.2. The zero-order valence-corrected chi connectivity index (χ0v) is 18.2. The Kier molecular flexibility index (Phi) is 5.99. The maximum atomic E-state index is 12.8. The highest BCUT2D eigenvalue weighted by Gasteiger charge is 2.17. The summed E-state index contributed by atoms with van der Waals surface area (Å²) >= 11 is 0. The van der Waals surface area contributed by atoms with Gasteiger partial charge in [-0.2, -0.15) is 0 Å². The van der Waals surface area contributed by atoms with Crippen LogP contribution in [0.4, 0.5) is 5.95 Å². The number of benzene rings is 2. The highest BCUT2D eigenvalue weighted by atomic mass is 16.2. The Morgan fingerprint density at radius 2 is 1.82 bits per heavy atom. The monoisotopic (exact) mass is 442 g/mol. The summed E-state index contributed by atoms with van der Waals surface area (Å²) in [7, 11) is 0. The fraction of sp³-hybridized carbons (Fsp3) is 0.280. The molecule has 1 fully saturated rings. The van der Waals surface area contributed by atoms with Gasteiger partial charge in [-0.3, -0.25) is 19.9 Å². The van der Waals surface area contributed by atoms with Crippen molar-refractivity contribution >= 4 is 39.6 Å². The molecular weight excluding hydrogens is 416 g/mol. The lowest BCUT2D eigenvalue weighted by Crippen LogP contribution is -2.31. The topological polar surface area (TPSA) is 112 Å². The molecule has 1 aliphatic heterocycles. The second-order valence-corrected chi connectivity index (χ2v) is 8.40. The minimum atomic E-state index is -0.368. The smallest absolute Gasteiger partial charge is 0.276 e. The van der Waals surface area contributed by atoms with Gasteiger partial charge in [0.25, 0.3) is 11.8 Å². The molecule has 2 aromatic carbocycles. The number of hydrogen-bond donors (Lipinski definition) is 4. The first-order valence-electron chi connectivity index (χ1n) is 11.3. The molecule has 0 unspecified atom stereocenters. The molecule has 0 atom stereocenters. The summed E-state index contributed by atoms with van der Waals surface area (Å²) in [5.74, 6) is 0.404.